The van der Waals surface area contributed by atoms with E-state index >= 15 is 0 Å². The van der Waals surface area contributed by atoms with Crippen molar-refractivity contribution in [1.29, 1.82) is 0 Å². The van der Waals surface area contributed by atoms with Crippen molar-refractivity contribution in [2.75, 3.05) is 14.2 Å². The van der Waals surface area contributed by atoms with Crippen molar-refractivity contribution in [1.82, 2.24) is 40.4 Å². The number of nitrogens with one attached hydrogen (secondary N) is 4. The lowest BCUT2D eigenvalue weighted by atomic mass is 9.79. The minimum absolute atomic E-state index is 0.0227. The van der Waals surface area contributed by atoms with Crippen molar-refractivity contribution in [3.05, 3.63) is 71.6 Å². The number of methoxy groups -OCH3 is 2. The zero-order valence-corrected chi connectivity index (χ0v) is 43.1. The summed E-state index contributed by atoms with van der Waals surface area (Å²) in [5.74, 6) is 1.13. The highest BCUT2D eigenvalue weighted by molar-refractivity contribution is 14.1. The Bertz CT molecular complexity index is 2530. The number of fused-ring (bicyclic) bond motifs is 1. The molecule has 4 saturated heterocycles. The quantitative estimate of drug-likeness (QED) is 0.0834. The fourth-order valence-corrected chi connectivity index (χ4v) is 13.9. The number of rotatable bonds is 11. The zero-order chi connectivity index (χ0) is 48.9. The van der Waals surface area contributed by atoms with Gasteiger partial charge in [-0.15, -0.1) is 0 Å². The number of halogens is 1. The number of alkyl halides is 1. The van der Waals surface area contributed by atoms with Crippen LogP contribution in [0.2, 0.25) is 0 Å². The fourth-order valence-electron chi connectivity index (χ4n) is 12.2. The van der Waals surface area contributed by atoms with Crippen molar-refractivity contribution in [2.45, 2.75) is 170 Å². The third-order valence-corrected chi connectivity index (χ3v) is 16.9. The highest BCUT2D eigenvalue weighted by Gasteiger charge is 2.51. The lowest BCUT2D eigenvalue weighted by Crippen LogP contribution is -2.62. The van der Waals surface area contributed by atoms with E-state index in [4.69, 9.17) is 28.9 Å². The van der Waals surface area contributed by atoms with Gasteiger partial charge in [-0.05, 0) is 139 Å². The van der Waals surface area contributed by atoms with E-state index in [0.29, 0.717) is 25.7 Å². The summed E-state index contributed by atoms with van der Waals surface area (Å²) in [5, 5.41) is 5.82. The summed E-state index contributed by atoms with van der Waals surface area (Å²) in [4.78, 5) is 75.2. The number of benzene rings is 2. The standard InChI is InChI=1S/C52H67IN8O8/c1-27-9-19-42(60(27)48(62)44(58-50(64)66-7)35-21-29(3)68-30(4)22-35)47-55-26-41(57-47)39-18-15-36(37-16-17-38(37)39)33-11-13-34(14-12-33)40-25-54-46(56-40)43-20-10-28(2)61(43)49(63)45(59-51(65)67-8)52(53)23-31(5)69-32(6)24-52/h11-15,18,25-32,35,42-45H,9-10,16-17,19-24H2,1-8H3,(H,54,56)(H,55,57)(H,58,64)(H,59,65)/t27-,28-,29-,30+,31-,32+,35?,42-,43-,44-,45+,52?/m0/s1. The predicted molar refractivity (Wildman–Crippen MR) is 268 cm³/mol. The van der Waals surface area contributed by atoms with Gasteiger partial charge in [-0.25, -0.2) is 19.6 Å². The lowest BCUT2D eigenvalue weighted by Gasteiger charge is -2.45. The van der Waals surface area contributed by atoms with Gasteiger partial charge in [-0.2, -0.15) is 0 Å². The number of carbonyl (C=O) groups is 4. The molecule has 6 heterocycles. The highest BCUT2D eigenvalue weighted by Crippen LogP contribution is 2.45. The van der Waals surface area contributed by atoms with Crippen molar-refractivity contribution in [3.8, 4) is 33.6 Å². The molecule has 370 valence electrons. The molecule has 4 fully saturated rings. The van der Waals surface area contributed by atoms with Gasteiger partial charge in [0.05, 0.1) is 77.9 Å². The molecular weight excluding hydrogens is 992 g/mol. The molecule has 4 aromatic rings. The van der Waals surface area contributed by atoms with Crippen LogP contribution in [-0.2, 0) is 41.4 Å². The van der Waals surface area contributed by atoms with Crippen molar-refractivity contribution in [2.24, 2.45) is 5.92 Å². The van der Waals surface area contributed by atoms with Gasteiger partial charge in [0.25, 0.3) is 0 Å². The number of hydrogen-bond acceptors (Lipinski definition) is 10. The molecule has 1 aliphatic carbocycles. The first-order valence-electron chi connectivity index (χ1n) is 24.7. The second-order valence-electron chi connectivity index (χ2n) is 20.3. The number of amides is 4. The molecule has 4 amide bonds. The molecule has 5 aliphatic rings. The number of H-pyrrole nitrogens is 2. The van der Waals surface area contributed by atoms with Crippen LogP contribution in [0.1, 0.15) is 128 Å². The van der Waals surface area contributed by atoms with Gasteiger partial charge in [0, 0.05) is 17.6 Å². The summed E-state index contributed by atoms with van der Waals surface area (Å²) in [7, 11) is 2.64. The van der Waals surface area contributed by atoms with Gasteiger partial charge in [-0.3, -0.25) is 9.59 Å². The third kappa shape index (κ3) is 9.75. The Morgan fingerprint density at radius 1 is 0.667 bits per heavy atom. The number of aromatic nitrogens is 4. The Morgan fingerprint density at radius 2 is 1.16 bits per heavy atom. The van der Waals surface area contributed by atoms with Crippen LogP contribution in [0.15, 0.2) is 48.8 Å². The largest absolute Gasteiger partial charge is 0.453 e. The number of imidazole rings is 2. The molecular formula is C52H67IN8O8. The van der Waals surface area contributed by atoms with Crippen molar-refractivity contribution >= 4 is 46.6 Å². The molecule has 0 saturated carbocycles. The smallest absolute Gasteiger partial charge is 0.407 e. The second kappa shape index (κ2) is 20.0. The maximum Gasteiger partial charge on any atom is 0.407 e. The summed E-state index contributed by atoms with van der Waals surface area (Å²) in [6.07, 6.45) is 9.97. The molecule has 0 bridgehead atoms. The maximum absolute atomic E-state index is 14.7. The van der Waals surface area contributed by atoms with Gasteiger partial charge in [-0.1, -0.05) is 59.0 Å². The predicted octanol–water partition coefficient (Wildman–Crippen LogP) is 8.75. The van der Waals surface area contributed by atoms with E-state index in [1.54, 1.807) is 0 Å². The summed E-state index contributed by atoms with van der Waals surface area (Å²) in [5.41, 5.74) is 8.84. The Labute approximate surface area is 418 Å². The average Bonchev–Trinajstić information content (AvgIpc) is 4.13. The maximum atomic E-state index is 14.7. The molecule has 17 heteroatoms. The van der Waals surface area contributed by atoms with Crippen LogP contribution in [0.4, 0.5) is 9.59 Å². The number of aromatic amines is 2. The van der Waals surface area contributed by atoms with E-state index in [-0.39, 0.29) is 66.3 Å². The Kier molecular flexibility index (Phi) is 14.2. The zero-order valence-electron chi connectivity index (χ0n) is 41.0. The first-order chi connectivity index (χ1) is 33.0. The number of nitrogens with zero attached hydrogens (tertiary/aromatic N) is 4. The highest BCUT2D eigenvalue weighted by atomic mass is 127. The Balaban J connectivity index is 0.904. The van der Waals surface area contributed by atoms with Crippen LogP contribution in [0.25, 0.3) is 33.6 Å². The number of likely N-dealkylation sites (tertiary alicyclic amines) is 2. The van der Waals surface area contributed by atoms with E-state index in [2.05, 4.69) is 93.4 Å². The van der Waals surface area contributed by atoms with Crippen LogP contribution in [0, 0.1) is 5.92 Å². The van der Waals surface area contributed by atoms with Crippen LogP contribution < -0.4 is 10.6 Å². The molecule has 0 radical (unpaired) electrons. The first-order valence-corrected chi connectivity index (χ1v) is 25.8. The molecule has 2 aromatic carbocycles. The number of alkyl carbamates (subject to hydrolysis) is 2. The Hall–Kier alpha value is -5.01. The van der Waals surface area contributed by atoms with Gasteiger partial charge < -0.3 is 49.3 Å². The van der Waals surface area contributed by atoms with E-state index in [0.717, 1.165) is 78.3 Å². The molecule has 9 rings (SSSR count). The summed E-state index contributed by atoms with van der Waals surface area (Å²) < 4.78 is 21.5. The molecule has 2 unspecified atom stereocenters. The van der Waals surface area contributed by atoms with Gasteiger partial charge >= 0.3 is 12.2 Å². The van der Waals surface area contributed by atoms with E-state index in [1.165, 1.54) is 30.9 Å². The molecule has 16 nitrogen and oxygen atoms in total. The minimum atomic E-state index is -0.801. The monoisotopic (exact) mass is 1060 g/mol. The van der Waals surface area contributed by atoms with Crippen LogP contribution >= 0.6 is 22.6 Å². The second-order valence-corrected chi connectivity index (χ2v) is 22.5. The SMILES string of the molecule is COC(=O)N[C@H](C(=O)N1[C@@H](C)CC[C@H]1c1ncc(-c2ccc(-c3ccc(-c4cnc([C@@H]5CC[C@H](C)N5C(=O)[C@@H](NC(=O)OC)C5(I)C[C@@H](C)O[C@@H](C)C5)[nH]4)cc3)c3c2CC3)[nH]1)C1C[C@@H](C)O[C@@H](C)C1. The van der Waals surface area contributed by atoms with Crippen molar-refractivity contribution in [3.63, 3.8) is 0 Å². The van der Waals surface area contributed by atoms with Crippen LogP contribution in [0.5, 0.6) is 0 Å². The van der Waals surface area contributed by atoms with Crippen molar-refractivity contribution < 1.29 is 38.1 Å². The molecule has 0 spiro atoms. The number of carbonyl (C=O) groups excluding carboxylic acids is 4. The topological polar surface area (TPSA) is 193 Å². The molecule has 4 aliphatic heterocycles. The van der Waals surface area contributed by atoms with Gasteiger partial charge in [0.2, 0.25) is 11.8 Å². The van der Waals surface area contributed by atoms with Crippen LogP contribution in [-0.4, -0.2) is 120 Å². The summed E-state index contributed by atoms with van der Waals surface area (Å²) in [6, 6.07) is 10.8. The molecule has 69 heavy (non-hydrogen) atoms. The number of hydrogen-bond donors (Lipinski definition) is 4. The van der Waals surface area contributed by atoms with Gasteiger partial charge in [0.1, 0.15) is 23.7 Å². The van der Waals surface area contributed by atoms with E-state index in [1.807, 2.05) is 49.9 Å². The van der Waals surface area contributed by atoms with E-state index < -0.39 is 27.7 Å². The molecule has 12 atom stereocenters. The van der Waals surface area contributed by atoms with E-state index in [9.17, 15) is 19.2 Å². The Morgan fingerprint density at radius 3 is 1.74 bits per heavy atom. The van der Waals surface area contributed by atoms with Crippen LogP contribution in [0.3, 0.4) is 0 Å². The number of ether oxygens (including phenoxy) is 4. The summed E-state index contributed by atoms with van der Waals surface area (Å²) in [6.45, 7) is 12.2. The molecule has 4 N–H and O–H groups in total. The minimum Gasteiger partial charge on any atom is -0.453 e. The fraction of sp³-hybridized carbons (Fsp3) is 0.577. The third-order valence-electron chi connectivity index (χ3n) is 15.4. The summed E-state index contributed by atoms with van der Waals surface area (Å²) >= 11 is 2.36. The average molecular weight is 1060 g/mol. The van der Waals surface area contributed by atoms with Gasteiger partial charge in [0.15, 0.2) is 0 Å². The normalized spacial score (nSPS) is 29.7. The lowest BCUT2D eigenvalue weighted by molar-refractivity contribution is -0.140. The first kappa shape index (κ1) is 49.0. The molecule has 2 aromatic heterocycles.